The summed E-state index contributed by atoms with van der Waals surface area (Å²) in [6, 6.07) is 8.50. The number of carbonyl (C=O) groups excluding carboxylic acids is 1. The van der Waals surface area contributed by atoms with Crippen molar-refractivity contribution >= 4 is 17.5 Å². The van der Waals surface area contributed by atoms with Crippen molar-refractivity contribution in [2.75, 3.05) is 36.4 Å². The van der Waals surface area contributed by atoms with E-state index in [0.29, 0.717) is 11.6 Å². The first-order chi connectivity index (χ1) is 15.1. The average molecular weight is 423 g/mol. The third-order valence-corrected chi connectivity index (χ3v) is 5.97. The summed E-state index contributed by atoms with van der Waals surface area (Å²) < 4.78 is 0. The second-order valence-electron chi connectivity index (χ2n) is 8.84. The van der Waals surface area contributed by atoms with Gasteiger partial charge in [0.15, 0.2) is 0 Å². The van der Waals surface area contributed by atoms with E-state index in [-0.39, 0.29) is 11.9 Å². The Morgan fingerprint density at radius 2 is 1.90 bits per heavy atom. The fourth-order valence-corrected chi connectivity index (χ4v) is 4.37. The van der Waals surface area contributed by atoms with E-state index >= 15 is 0 Å². The van der Waals surface area contributed by atoms with E-state index in [9.17, 15) is 4.79 Å². The van der Waals surface area contributed by atoms with E-state index in [1.807, 2.05) is 38.2 Å². The minimum absolute atomic E-state index is 0.0723. The summed E-state index contributed by atoms with van der Waals surface area (Å²) >= 11 is 0. The van der Waals surface area contributed by atoms with Gasteiger partial charge in [-0.05, 0) is 51.0 Å². The normalized spacial score (nSPS) is 17.6. The van der Waals surface area contributed by atoms with Crippen molar-refractivity contribution in [3.63, 3.8) is 0 Å². The van der Waals surface area contributed by atoms with Gasteiger partial charge < -0.3 is 20.9 Å². The molecule has 0 bridgehead atoms. The molecule has 7 nitrogen and oxygen atoms in total. The molecular weight excluding hydrogens is 388 g/mol. The highest BCUT2D eigenvalue weighted by atomic mass is 16.1. The molecule has 1 aliphatic carbocycles. The molecule has 4 rings (SSSR count). The molecule has 0 spiro atoms. The average Bonchev–Trinajstić information content (AvgIpc) is 2.80. The van der Waals surface area contributed by atoms with Crippen LogP contribution in [-0.2, 0) is 0 Å². The zero-order valence-electron chi connectivity index (χ0n) is 18.7. The van der Waals surface area contributed by atoms with Crippen molar-refractivity contribution in [2.45, 2.75) is 58.0 Å². The quantitative estimate of drug-likeness (QED) is 0.662. The lowest BCUT2D eigenvalue weighted by Crippen LogP contribution is -2.45. The largest absolute Gasteiger partial charge is 0.367 e. The van der Waals surface area contributed by atoms with Gasteiger partial charge in [0.2, 0.25) is 0 Å². The van der Waals surface area contributed by atoms with Gasteiger partial charge in [0.05, 0.1) is 11.3 Å². The number of nitrogens with one attached hydrogen (secondary N) is 3. The van der Waals surface area contributed by atoms with Crippen molar-refractivity contribution < 1.29 is 4.79 Å². The van der Waals surface area contributed by atoms with E-state index in [1.165, 1.54) is 32.1 Å². The fraction of sp³-hybridized carbons (Fsp3) is 0.542. The molecule has 2 aromatic rings. The molecule has 1 saturated carbocycles. The number of hydrogen-bond donors (Lipinski definition) is 3. The summed E-state index contributed by atoms with van der Waals surface area (Å²) in [7, 11) is 0. The van der Waals surface area contributed by atoms with Crippen LogP contribution in [0.2, 0.25) is 0 Å². The van der Waals surface area contributed by atoms with Crippen LogP contribution in [0.4, 0.5) is 11.6 Å². The highest BCUT2D eigenvalue weighted by Gasteiger charge is 2.22. The highest BCUT2D eigenvalue weighted by molar-refractivity contribution is 5.99. The number of aromatic nitrogens is 2. The predicted molar refractivity (Wildman–Crippen MR) is 126 cm³/mol. The van der Waals surface area contributed by atoms with E-state index in [2.05, 4.69) is 31.9 Å². The van der Waals surface area contributed by atoms with Gasteiger partial charge in [-0.25, -0.2) is 9.97 Å². The lowest BCUT2D eigenvalue weighted by molar-refractivity contribution is 0.0943. The smallest absolute Gasteiger partial charge is 0.255 e. The van der Waals surface area contributed by atoms with Crippen LogP contribution < -0.4 is 20.9 Å². The number of amides is 1. The summed E-state index contributed by atoms with van der Waals surface area (Å²) in [6.45, 7) is 7.40. The Bertz CT molecular complexity index is 887. The molecular formula is C24H34N6O. The maximum absolute atomic E-state index is 12.8. The minimum Gasteiger partial charge on any atom is -0.367 e. The van der Waals surface area contributed by atoms with Gasteiger partial charge in [0, 0.05) is 50.0 Å². The van der Waals surface area contributed by atoms with Gasteiger partial charge in [-0.15, -0.1) is 0 Å². The van der Waals surface area contributed by atoms with E-state index in [1.54, 1.807) is 0 Å². The fourth-order valence-electron chi connectivity index (χ4n) is 4.37. The topological polar surface area (TPSA) is 82.2 Å². The molecule has 2 fully saturated rings. The molecule has 31 heavy (non-hydrogen) atoms. The molecule has 3 N–H and O–H groups in total. The number of anilines is 2. The van der Waals surface area contributed by atoms with Crippen molar-refractivity contribution in [2.24, 2.45) is 0 Å². The number of pyridine rings is 2. The Kier molecular flexibility index (Phi) is 7.02. The predicted octanol–water partition coefficient (Wildman–Crippen LogP) is 3.44. The van der Waals surface area contributed by atoms with Gasteiger partial charge in [-0.2, -0.15) is 0 Å². The first kappa shape index (κ1) is 21.6. The highest BCUT2D eigenvalue weighted by Crippen LogP contribution is 2.27. The summed E-state index contributed by atoms with van der Waals surface area (Å²) in [4.78, 5) is 24.5. The molecule has 1 saturated heterocycles. The summed E-state index contributed by atoms with van der Waals surface area (Å²) in [6.07, 6.45) is 8.15. The summed E-state index contributed by atoms with van der Waals surface area (Å²) in [5.41, 5.74) is 2.51. The van der Waals surface area contributed by atoms with E-state index < -0.39 is 0 Å². The molecule has 166 valence electrons. The van der Waals surface area contributed by atoms with Crippen LogP contribution in [0.25, 0.3) is 11.3 Å². The number of rotatable bonds is 6. The summed E-state index contributed by atoms with van der Waals surface area (Å²) in [5, 5.41) is 9.98. The van der Waals surface area contributed by atoms with E-state index in [0.717, 1.165) is 49.1 Å². The van der Waals surface area contributed by atoms with Crippen LogP contribution in [0.1, 0.15) is 56.3 Å². The Hall–Kier alpha value is -2.67. The molecule has 2 aromatic heterocycles. The molecule has 1 aliphatic heterocycles. The zero-order valence-corrected chi connectivity index (χ0v) is 18.7. The van der Waals surface area contributed by atoms with Crippen molar-refractivity contribution in [3.8, 4) is 11.3 Å². The number of hydrogen-bond acceptors (Lipinski definition) is 6. The van der Waals surface area contributed by atoms with Crippen molar-refractivity contribution in [1.82, 2.24) is 20.6 Å². The van der Waals surface area contributed by atoms with Crippen LogP contribution >= 0.6 is 0 Å². The first-order valence-corrected chi connectivity index (χ1v) is 11.6. The third kappa shape index (κ3) is 5.53. The first-order valence-electron chi connectivity index (χ1n) is 11.6. The van der Waals surface area contributed by atoms with Gasteiger partial charge >= 0.3 is 0 Å². The van der Waals surface area contributed by atoms with Gasteiger partial charge in [-0.3, -0.25) is 4.79 Å². The van der Waals surface area contributed by atoms with Crippen molar-refractivity contribution in [1.29, 1.82) is 0 Å². The molecule has 0 atom stereocenters. The van der Waals surface area contributed by atoms with Crippen molar-refractivity contribution in [3.05, 3.63) is 36.0 Å². The number of piperazine rings is 1. The van der Waals surface area contributed by atoms with Crippen LogP contribution in [0, 0.1) is 0 Å². The van der Waals surface area contributed by atoms with Crippen LogP contribution in [0.15, 0.2) is 30.5 Å². The Morgan fingerprint density at radius 3 is 2.65 bits per heavy atom. The van der Waals surface area contributed by atoms with Crippen LogP contribution in [-0.4, -0.2) is 54.1 Å². The molecule has 0 unspecified atom stereocenters. The molecule has 7 heteroatoms. The lowest BCUT2D eigenvalue weighted by Gasteiger charge is -2.30. The number of nitrogens with zero attached hydrogens (tertiary/aromatic N) is 3. The Balaban J connectivity index is 1.62. The van der Waals surface area contributed by atoms with E-state index in [4.69, 9.17) is 4.98 Å². The maximum Gasteiger partial charge on any atom is 0.255 e. The Morgan fingerprint density at radius 1 is 1.13 bits per heavy atom. The van der Waals surface area contributed by atoms with Crippen LogP contribution in [0.3, 0.4) is 0 Å². The second kappa shape index (κ2) is 10.1. The van der Waals surface area contributed by atoms with Gasteiger partial charge in [0.1, 0.15) is 11.6 Å². The molecule has 1 amide bonds. The van der Waals surface area contributed by atoms with Gasteiger partial charge in [-0.1, -0.05) is 19.3 Å². The minimum atomic E-state index is -0.0723. The maximum atomic E-state index is 12.8. The molecule has 0 radical (unpaired) electrons. The Labute approximate surface area is 185 Å². The SMILES string of the molecule is CC(C)NC(=O)c1ccc(-c2ccnc(NC3CCCCC3)c2)nc1N1CCNCC1. The standard InChI is InChI=1S/C24H34N6O/c1-17(2)27-24(31)20-8-9-21(29-23(20)30-14-12-25-13-15-30)18-10-11-26-22(16-18)28-19-6-4-3-5-7-19/h8-11,16-17,19,25H,3-7,12-15H2,1-2H3,(H,26,28)(H,27,31). The monoisotopic (exact) mass is 422 g/mol. The van der Waals surface area contributed by atoms with Gasteiger partial charge in [0.25, 0.3) is 5.91 Å². The number of carbonyl (C=O) groups is 1. The molecule has 2 aliphatic rings. The second-order valence-corrected chi connectivity index (χ2v) is 8.84. The molecule has 3 heterocycles. The third-order valence-electron chi connectivity index (χ3n) is 5.97. The van der Waals surface area contributed by atoms with Crippen LogP contribution in [0.5, 0.6) is 0 Å². The summed E-state index contributed by atoms with van der Waals surface area (Å²) in [5.74, 6) is 1.59. The zero-order chi connectivity index (χ0) is 21.6. The lowest BCUT2D eigenvalue weighted by atomic mass is 9.95. The molecule has 0 aromatic carbocycles.